The van der Waals surface area contributed by atoms with E-state index in [9.17, 15) is 9.59 Å². The molecule has 0 spiro atoms. The number of thioether (sulfide) groups is 1. The summed E-state index contributed by atoms with van der Waals surface area (Å²) in [5.41, 5.74) is 0.908. The summed E-state index contributed by atoms with van der Waals surface area (Å²) in [7, 11) is 0. The van der Waals surface area contributed by atoms with Gasteiger partial charge in [0.15, 0.2) is 0 Å². The second-order valence-electron chi connectivity index (χ2n) is 8.54. The molecule has 0 bridgehead atoms. The molecule has 5 heteroatoms. The molecule has 4 nitrogen and oxygen atoms in total. The smallest absolute Gasteiger partial charge is 0.314 e. The number of aromatic amines is 1. The van der Waals surface area contributed by atoms with Crippen LogP contribution in [0.3, 0.4) is 0 Å². The van der Waals surface area contributed by atoms with Gasteiger partial charge in [-0.15, -0.1) is 0 Å². The van der Waals surface area contributed by atoms with E-state index in [1.807, 2.05) is 0 Å². The molecule has 160 valence electrons. The van der Waals surface area contributed by atoms with Gasteiger partial charge in [-0.2, -0.15) is 11.8 Å². The third-order valence-corrected chi connectivity index (χ3v) is 7.37. The van der Waals surface area contributed by atoms with E-state index in [0.29, 0.717) is 18.4 Å². The van der Waals surface area contributed by atoms with Crippen molar-refractivity contribution >= 4 is 11.8 Å². The van der Waals surface area contributed by atoms with Gasteiger partial charge in [0, 0.05) is 23.6 Å². The van der Waals surface area contributed by atoms with Gasteiger partial charge in [-0.25, -0.2) is 4.79 Å². The van der Waals surface area contributed by atoms with Crippen LogP contribution in [-0.4, -0.2) is 15.3 Å². The predicted molar refractivity (Wildman–Crippen MR) is 125 cm³/mol. The van der Waals surface area contributed by atoms with Crippen LogP contribution in [0, 0.1) is 11.8 Å². The summed E-state index contributed by atoms with van der Waals surface area (Å²) in [6, 6.07) is 12.4. The summed E-state index contributed by atoms with van der Waals surface area (Å²) >= 11 is 2.11. The van der Waals surface area contributed by atoms with E-state index in [-0.39, 0.29) is 16.0 Å². The van der Waals surface area contributed by atoms with Gasteiger partial charge in [0.25, 0.3) is 5.56 Å². The molecule has 0 radical (unpaired) electrons. The first-order chi connectivity index (χ1) is 13.9. The Labute approximate surface area is 179 Å². The third-order valence-electron chi connectivity index (χ3n) is 5.49. The van der Waals surface area contributed by atoms with Gasteiger partial charge in [0.1, 0.15) is 0 Å². The molecule has 0 saturated carbocycles. The first-order valence-electron chi connectivity index (χ1n) is 10.8. The molecule has 0 saturated heterocycles. The normalized spacial score (nSPS) is 13.7. The van der Waals surface area contributed by atoms with Crippen LogP contribution in [0.2, 0.25) is 0 Å². The molecule has 2 rings (SSSR count). The molecule has 1 heterocycles. The van der Waals surface area contributed by atoms with E-state index in [4.69, 9.17) is 0 Å². The predicted octanol–water partition coefficient (Wildman–Crippen LogP) is 5.43. The van der Waals surface area contributed by atoms with E-state index in [1.165, 1.54) is 28.8 Å². The third kappa shape index (κ3) is 6.63. The van der Waals surface area contributed by atoms with Crippen molar-refractivity contribution < 1.29 is 0 Å². The molecule has 0 aliphatic heterocycles. The van der Waals surface area contributed by atoms with Gasteiger partial charge in [-0.3, -0.25) is 9.36 Å². The van der Waals surface area contributed by atoms with Crippen LogP contribution in [0.5, 0.6) is 0 Å². The van der Waals surface area contributed by atoms with E-state index in [0.717, 1.165) is 31.4 Å². The van der Waals surface area contributed by atoms with Crippen molar-refractivity contribution in [3.63, 3.8) is 0 Å². The fourth-order valence-corrected chi connectivity index (χ4v) is 5.77. The Morgan fingerprint density at radius 2 is 1.66 bits per heavy atom. The number of rotatable bonds is 12. The molecule has 1 aromatic heterocycles. The van der Waals surface area contributed by atoms with Crippen molar-refractivity contribution in [1.82, 2.24) is 9.55 Å². The molecule has 29 heavy (non-hydrogen) atoms. The van der Waals surface area contributed by atoms with Gasteiger partial charge in [-0.05, 0) is 42.4 Å². The first kappa shape index (κ1) is 23.5. The Bertz CT molecular complexity index is 813. The maximum absolute atomic E-state index is 11.7. The largest absolute Gasteiger partial charge is 0.328 e. The molecule has 1 N–H and O–H groups in total. The highest BCUT2D eigenvalue weighted by Gasteiger charge is 2.36. The molecular formula is C24H36N2O2S. The first-order valence-corrected chi connectivity index (χ1v) is 11.8. The SMILES string of the molecule is CC(C)CC(SCCCCCCn1c(=O)cc[nH]c1=O)(c1ccccc1)C(C)C. The van der Waals surface area contributed by atoms with Gasteiger partial charge >= 0.3 is 5.69 Å². The van der Waals surface area contributed by atoms with Crippen LogP contribution in [-0.2, 0) is 11.3 Å². The van der Waals surface area contributed by atoms with Gasteiger partial charge in [0.2, 0.25) is 0 Å². The van der Waals surface area contributed by atoms with Crippen LogP contribution in [0.15, 0.2) is 52.2 Å². The molecule has 0 amide bonds. The highest BCUT2D eigenvalue weighted by atomic mass is 32.2. The number of unbranched alkanes of at least 4 members (excludes halogenated alkanes) is 3. The number of aromatic nitrogens is 2. The number of hydrogen-bond donors (Lipinski definition) is 1. The molecule has 1 unspecified atom stereocenters. The monoisotopic (exact) mass is 416 g/mol. The van der Waals surface area contributed by atoms with Gasteiger partial charge in [0.05, 0.1) is 0 Å². The molecule has 2 aromatic rings. The zero-order chi connectivity index (χ0) is 21.3. The summed E-state index contributed by atoms with van der Waals surface area (Å²) in [6.07, 6.45) is 6.76. The molecule has 0 aliphatic rings. The highest BCUT2D eigenvalue weighted by molar-refractivity contribution is 8.00. The number of nitrogens with zero attached hydrogens (tertiary/aromatic N) is 1. The summed E-state index contributed by atoms with van der Waals surface area (Å²) < 4.78 is 1.44. The summed E-state index contributed by atoms with van der Waals surface area (Å²) in [5, 5.41) is 0. The highest BCUT2D eigenvalue weighted by Crippen LogP contribution is 2.48. The summed E-state index contributed by atoms with van der Waals surface area (Å²) in [4.78, 5) is 26.0. The van der Waals surface area contributed by atoms with E-state index < -0.39 is 0 Å². The zero-order valence-electron chi connectivity index (χ0n) is 18.3. The Morgan fingerprint density at radius 1 is 0.966 bits per heavy atom. The minimum atomic E-state index is -0.314. The van der Waals surface area contributed by atoms with Crippen molar-refractivity contribution in [2.24, 2.45) is 11.8 Å². The Hall–Kier alpha value is -1.75. The average Bonchev–Trinajstić information content (AvgIpc) is 2.68. The molecule has 0 aliphatic carbocycles. The second-order valence-corrected chi connectivity index (χ2v) is 9.97. The van der Waals surface area contributed by atoms with E-state index >= 15 is 0 Å². The van der Waals surface area contributed by atoms with Crippen LogP contribution in [0.4, 0.5) is 0 Å². The van der Waals surface area contributed by atoms with Crippen molar-refractivity contribution in [2.45, 2.75) is 71.1 Å². The Balaban J connectivity index is 1.87. The van der Waals surface area contributed by atoms with Gasteiger partial charge < -0.3 is 4.98 Å². The van der Waals surface area contributed by atoms with Crippen LogP contribution in [0.1, 0.15) is 65.4 Å². The average molecular weight is 417 g/mol. The lowest BCUT2D eigenvalue weighted by molar-refractivity contribution is 0.367. The quantitative estimate of drug-likeness (QED) is 0.470. The fourth-order valence-electron chi connectivity index (χ4n) is 3.97. The maximum atomic E-state index is 11.7. The molecule has 1 aromatic carbocycles. The molecular weight excluding hydrogens is 380 g/mol. The molecule has 0 fully saturated rings. The van der Waals surface area contributed by atoms with Crippen molar-refractivity contribution in [3.8, 4) is 0 Å². The lowest BCUT2D eigenvalue weighted by Crippen LogP contribution is -2.33. The minimum Gasteiger partial charge on any atom is -0.314 e. The summed E-state index contributed by atoms with van der Waals surface area (Å²) in [5.74, 6) is 2.34. The number of hydrogen-bond acceptors (Lipinski definition) is 3. The van der Waals surface area contributed by atoms with Gasteiger partial charge in [-0.1, -0.05) is 70.9 Å². The fraction of sp³-hybridized carbons (Fsp3) is 0.583. The number of nitrogens with one attached hydrogen (secondary N) is 1. The minimum absolute atomic E-state index is 0.153. The van der Waals surface area contributed by atoms with Crippen LogP contribution in [0.25, 0.3) is 0 Å². The topological polar surface area (TPSA) is 54.9 Å². The summed E-state index contributed by atoms with van der Waals surface area (Å²) in [6.45, 7) is 9.81. The van der Waals surface area contributed by atoms with Crippen LogP contribution < -0.4 is 11.2 Å². The van der Waals surface area contributed by atoms with Crippen LogP contribution >= 0.6 is 11.8 Å². The Morgan fingerprint density at radius 3 is 2.28 bits per heavy atom. The number of benzene rings is 1. The zero-order valence-corrected chi connectivity index (χ0v) is 19.1. The standard InChI is InChI=1S/C24H36N2O2S/c1-19(2)18-24(20(3)4,21-12-8-7-9-13-21)29-17-11-6-5-10-16-26-22(27)14-15-25-23(26)28/h7-9,12-15,19-20H,5-6,10-11,16-18H2,1-4H3,(H,25,28). The van der Waals surface area contributed by atoms with Crippen molar-refractivity contribution in [2.75, 3.05) is 5.75 Å². The second kappa shape index (κ2) is 11.4. The lowest BCUT2D eigenvalue weighted by atomic mass is 9.81. The van der Waals surface area contributed by atoms with E-state index in [1.54, 1.807) is 0 Å². The van der Waals surface area contributed by atoms with E-state index in [2.05, 4.69) is 74.8 Å². The molecule has 1 atom stereocenters. The van der Waals surface area contributed by atoms with Crippen molar-refractivity contribution in [1.29, 1.82) is 0 Å². The number of H-pyrrole nitrogens is 1. The lowest BCUT2D eigenvalue weighted by Gasteiger charge is -2.39. The maximum Gasteiger partial charge on any atom is 0.328 e. The van der Waals surface area contributed by atoms with Crippen molar-refractivity contribution in [3.05, 3.63) is 69.0 Å². The Kier molecular flexibility index (Phi) is 9.28.